The van der Waals surface area contributed by atoms with Gasteiger partial charge in [-0.05, 0) is 18.0 Å². The normalized spacial score (nSPS) is 25.3. The number of carbonyl (C=O) groups excluding carboxylic acids is 1. The predicted octanol–water partition coefficient (Wildman–Crippen LogP) is -8.13. The van der Waals surface area contributed by atoms with E-state index in [0.29, 0.717) is 4.57 Å². The molecule has 1 aliphatic rings. The van der Waals surface area contributed by atoms with Crippen LogP contribution in [-0.2, 0) is 14.3 Å². The number of aliphatic hydroxyl groups is 2. The molecule has 1 fully saturated rings. The first-order valence-corrected chi connectivity index (χ1v) is 8.10. The predicted molar refractivity (Wildman–Crippen MR) is 87.8 cm³/mol. The number of rotatable bonds is 9. The zero-order chi connectivity index (χ0) is 21.8. The molecule has 2 heterocycles. The van der Waals surface area contributed by atoms with Crippen molar-refractivity contribution in [1.29, 1.82) is 0 Å². The van der Waals surface area contributed by atoms with E-state index in [1.165, 1.54) is 0 Å². The van der Waals surface area contributed by atoms with Crippen molar-refractivity contribution in [2.75, 3.05) is 11.9 Å². The summed E-state index contributed by atoms with van der Waals surface area (Å²) in [6.07, 6.45) is -6.00. The Kier molecular flexibility index (Phi) is 13.7. The molecule has 14 nitrogen and oxygen atoms in total. The molecule has 0 radical (unpaired) electrons. The van der Waals surface area contributed by atoms with Crippen LogP contribution in [0.25, 0.3) is 10.4 Å². The summed E-state index contributed by atoms with van der Waals surface area (Å²) in [5, 5.41) is 44.3. The fraction of sp³-hybridized carbons (Fsp3) is 0.571. The Morgan fingerprint density at radius 1 is 1.52 bits per heavy atom. The molecule has 17 heteroatoms. The number of aromatic nitrogens is 2. The summed E-state index contributed by atoms with van der Waals surface area (Å²) in [6, 6.07) is -0.382. The van der Waals surface area contributed by atoms with Crippen molar-refractivity contribution in [2.24, 2.45) is 5.11 Å². The number of carboxylic acid groups (broad SMARTS) is 2. The van der Waals surface area contributed by atoms with Gasteiger partial charge < -0.3 is 35.3 Å². The molecular weight excluding hydrogens is 477 g/mol. The van der Waals surface area contributed by atoms with Gasteiger partial charge in [0.15, 0.2) is 12.4 Å². The van der Waals surface area contributed by atoms with Crippen molar-refractivity contribution in [2.45, 2.75) is 43.1 Å². The molecule has 0 aromatic carbocycles. The summed E-state index contributed by atoms with van der Waals surface area (Å²) in [5.41, 5.74) is 5.07. The Labute approximate surface area is 258 Å². The van der Waals surface area contributed by atoms with E-state index >= 15 is 0 Å². The molecule has 0 bridgehead atoms. The molecule has 1 aromatic heterocycles. The molecule has 0 spiro atoms. The third kappa shape index (κ3) is 7.51. The third-order valence-electron chi connectivity index (χ3n) is 4.16. The van der Waals surface area contributed by atoms with Crippen molar-refractivity contribution < 1.29 is 142 Å². The molecule has 158 valence electrons. The summed E-state index contributed by atoms with van der Waals surface area (Å²) in [4.78, 5) is 39.8. The van der Waals surface area contributed by atoms with Gasteiger partial charge in [0.2, 0.25) is 5.72 Å². The van der Waals surface area contributed by atoms with E-state index in [1.54, 1.807) is 0 Å². The molecule has 1 aliphatic heterocycles. The molecule has 0 aliphatic carbocycles. The molecule has 0 unspecified atom stereocenters. The number of nitrogens with one attached hydrogen (secondary N) is 1. The van der Waals surface area contributed by atoms with Gasteiger partial charge in [-0.3, -0.25) is 9.36 Å². The van der Waals surface area contributed by atoms with Crippen LogP contribution in [0.4, 0.5) is 10.2 Å². The summed E-state index contributed by atoms with van der Waals surface area (Å²) in [5.74, 6) is -3.12. The van der Waals surface area contributed by atoms with Crippen molar-refractivity contribution in [3.8, 4) is 0 Å². The number of ether oxygens (including phenoxy) is 1. The number of azide groups is 1. The van der Waals surface area contributed by atoms with Crippen molar-refractivity contribution in [1.82, 2.24) is 9.55 Å². The maximum Gasteiger partial charge on any atom is 1.00 e. The van der Waals surface area contributed by atoms with Crippen LogP contribution in [-0.4, -0.2) is 67.5 Å². The molecule has 0 amide bonds. The van der Waals surface area contributed by atoms with E-state index in [0.717, 1.165) is 12.3 Å². The number of aliphatic carboxylic acids is 2. The number of nitrogens with zero attached hydrogens (tertiary/aromatic N) is 5. The van der Waals surface area contributed by atoms with Crippen LogP contribution < -0.4 is 119 Å². The van der Waals surface area contributed by atoms with Gasteiger partial charge in [-0.25, -0.2) is 9.18 Å². The van der Waals surface area contributed by atoms with Gasteiger partial charge in [0, 0.05) is 17.5 Å². The number of halogens is 1. The van der Waals surface area contributed by atoms with Crippen LogP contribution >= 0.6 is 0 Å². The smallest absolute Gasteiger partial charge is 0.548 e. The second-order valence-electron chi connectivity index (χ2n) is 6.04. The molecular formula is C14H16FK2N6O8+. The molecule has 5 atom stereocenters. The van der Waals surface area contributed by atoms with E-state index in [9.17, 15) is 34.1 Å². The minimum atomic E-state index is -2.34. The van der Waals surface area contributed by atoms with Crippen molar-refractivity contribution in [3.63, 3.8) is 0 Å². The van der Waals surface area contributed by atoms with Gasteiger partial charge in [0.25, 0.3) is 0 Å². The second-order valence-corrected chi connectivity index (χ2v) is 6.04. The summed E-state index contributed by atoms with van der Waals surface area (Å²) < 4.78 is 20.1. The standard InChI is InChI=1S/C14H17FN6O8.2K/c15-9-10(25)14(5-22,19-20-16)29-11(9)21-4-3-7(18-13(21)28)17-6(12(26)27)1-2-8(23)24;;/h3-4,6,9-11,22,25H,1-2,5H2,(H,23,24)(H,26,27)(H,17,18,28);;/q;2*+1/p-1/t6-,9-,10-,11+,14+;;/m0../s1. The quantitative estimate of drug-likeness (QED) is 0.110. The second kappa shape index (κ2) is 13.7. The van der Waals surface area contributed by atoms with Crippen LogP contribution in [0.3, 0.4) is 0 Å². The number of aliphatic hydroxyl groups excluding tert-OH is 2. The van der Waals surface area contributed by atoms with Crippen LogP contribution in [0.2, 0.25) is 0 Å². The van der Waals surface area contributed by atoms with Gasteiger partial charge in [-0.2, -0.15) is 4.98 Å². The van der Waals surface area contributed by atoms with E-state index in [2.05, 4.69) is 20.3 Å². The molecule has 31 heavy (non-hydrogen) atoms. The number of alkyl halides is 1. The van der Waals surface area contributed by atoms with Gasteiger partial charge >= 0.3 is 114 Å². The Morgan fingerprint density at radius 2 is 2.16 bits per heavy atom. The number of anilines is 1. The first kappa shape index (κ1) is 31.0. The monoisotopic (exact) mass is 493 g/mol. The largest absolute Gasteiger partial charge is 1.00 e. The number of carboxylic acids is 2. The fourth-order valence-corrected chi connectivity index (χ4v) is 2.66. The Hall–Kier alpha value is 0.0127. The van der Waals surface area contributed by atoms with Gasteiger partial charge in [-0.1, -0.05) is 5.11 Å². The Balaban J connectivity index is 0.00000450. The van der Waals surface area contributed by atoms with E-state index < -0.39 is 60.9 Å². The summed E-state index contributed by atoms with van der Waals surface area (Å²) in [6.45, 7) is -1.06. The maximum absolute atomic E-state index is 14.4. The molecule has 1 aromatic rings. The first-order valence-electron chi connectivity index (χ1n) is 8.10. The SMILES string of the molecule is [K+].[K+].[N-]=[N+]=N[C@]1(CO)O[C@@H](n2ccc(N[C@@H](CCC(=O)O)C(=O)[O-])nc2=O)[C@@H](F)[C@@H]1O. The Bertz CT molecular complexity index is 900. The van der Waals surface area contributed by atoms with Crippen LogP contribution in [0.15, 0.2) is 22.2 Å². The molecule has 2 rings (SSSR count). The van der Waals surface area contributed by atoms with E-state index in [4.69, 9.17) is 15.4 Å². The minimum Gasteiger partial charge on any atom is -0.548 e. The maximum atomic E-state index is 14.4. The van der Waals surface area contributed by atoms with E-state index in [1.807, 2.05) is 0 Å². The average molecular weight is 494 g/mol. The minimum absolute atomic E-state index is 0. The van der Waals surface area contributed by atoms with Crippen molar-refractivity contribution in [3.05, 3.63) is 33.2 Å². The van der Waals surface area contributed by atoms with Gasteiger partial charge in [0.05, 0.1) is 18.6 Å². The zero-order valence-electron chi connectivity index (χ0n) is 16.6. The van der Waals surface area contributed by atoms with Crippen LogP contribution in [0.5, 0.6) is 0 Å². The number of carbonyl (C=O) groups is 2. The first-order chi connectivity index (χ1) is 13.6. The molecule has 0 saturated carbocycles. The van der Waals surface area contributed by atoms with Crippen LogP contribution in [0, 0.1) is 0 Å². The average Bonchev–Trinajstić information content (AvgIpc) is 2.90. The number of hydrogen-bond donors (Lipinski definition) is 4. The summed E-state index contributed by atoms with van der Waals surface area (Å²) in [7, 11) is 0. The summed E-state index contributed by atoms with van der Waals surface area (Å²) >= 11 is 0. The third-order valence-corrected chi connectivity index (χ3v) is 4.16. The zero-order valence-corrected chi connectivity index (χ0v) is 22.8. The Morgan fingerprint density at radius 3 is 2.65 bits per heavy atom. The molecule has 1 saturated heterocycles. The fourth-order valence-electron chi connectivity index (χ4n) is 2.66. The van der Waals surface area contributed by atoms with Gasteiger partial charge in [-0.15, -0.1) is 0 Å². The topological polar surface area (TPSA) is 223 Å². The van der Waals surface area contributed by atoms with Crippen LogP contribution in [0.1, 0.15) is 19.1 Å². The van der Waals surface area contributed by atoms with Gasteiger partial charge in [0.1, 0.15) is 11.9 Å². The number of hydrogen-bond acceptors (Lipinski definition) is 10. The van der Waals surface area contributed by atoms with Crippen molar-refractivity contribution >= 4 is 17.8 Å². The van der Waals surface area contributed by atoms with E-state index in [-0.39, 0.29) is 115 Å². The molecule has 4 N–H and O–H groups in total.